The second kappa shape index (κ2) is 18.7. The molecule has 0 bridgehead atoms. The Balaban J connectivity index is 3.36. The van der Waals surface area contributed by atoms with Crippen molar-refractivity contribution >= 4 is 11.6 Å². The molecular formula is C22H42O2. The predicted molar refractivity (Wildman–Crippen MR) is 104 cm³/mol. The second-order valence-corrected chi connectivity index (χ2v) is 7.30. The molecule has 2 nitrogen and oxygen atoms in total. The van der Waals surface area contributed by atoms with Crippen molar-refractivity contribution in [2.75, 3.05) is 0 Å². The van der Waals surface area contributed by atoms with Crippen LogP contribution in [0.5, 0.6) is 0 Å². The summed E-state index contributed by atoms with van der Waals surface area (Å²) in [7, 11) is 0. The first-order valence-corrected chi connectivity index (χ1v) is 10.8. The minimum atomic E-state index is -0.121. The number of carbonyl (C=O) groups is 2. The summed E-state index contributed by atoms with van der Waals surface area (Å²) in [5.41, 5.74) is 0. The lowest BCUT2D eigenvalue weighted by atomic mass is 10.0. The summed E-state index contributed by atoms with van der Waals surface area (Å²) in [6.45, 7) is 4.46. The Hall–Kier alpha value is -0.660. The average molecular weight is 339 g/mol. The van der Waals surface area contributed by atoms with Gasteiger partial charge in [-0.2, -0.15) is 0 Å². The Morgan fingerprint density at radius 2 is 0.667 bits per heavy atom. The fourth-order valence-corrected chi connectivity index (χ4v) is 3.12. The van der Waals surface area contributed by atoms with Gasteiger partial charge in [0, 0.05) is 12.8 Å². The summed E-state index contributed by atoms with van der Waals surface area (Å²) in [5, 5.41) is 0. The van der Waals surface area contributed by atoms with Crippen LogP contribution in [0.2, 0.25) is 0 Å². The van der Waals surface area contributed by atoms with Crippen molar-refractivity contribution in [1.82, 2.24) is 0 Å². The van der Waals surface area contributed by atoms with E-state index in [1.54, 1.807) is 0 Å². The standard InChI is InChI=1S/C22H42O2/c1-3-5-7-9-11-13-15-17-19-21(23)22(24)20-18-16-14-12-10-8-6-4-2/h3-20H2,1-2H3. The molecule has 0 spiro atoms. The number of hydrogen-bond acceptors (Lipinski definition) is 2. The molecule has 2 heteroatoms. The maximum atomic E-state index is 11.8. The van der Waals surface area contributed by atoms with Gasteiger partial charge in [0.05, 0.1) is 0 Å². The third kappa shape index (κ3) is 16.2. The van der Waals surface area contributed by atoms with Crippen molar-refractivity contribution in [3.05, 3.63) is 0 Å². The van der Waals surface area contributed by atoms with Gasteiger partial charge in [-0.25, -0.2) is 0 Å². The SMILES string of the molecule is CCCCCCCCCCC(=O)C(=O)CCCCCCCCCC. The van der Waals surface area contributed by atoms with Crippen LogP contribution >= 0.6 is 0 Å². The molecule has 0 saturated heterocycles. The fourth-order valence-electron chi connectivity index (χ4n) is 3.12. The van der Waals surface area contributed by atoms with E-state index >= 15 is 0 Å². The van der Waals surface area contributed by atoms with Crippen LogP contribution in [0.15, 0.2) is 0 Å². The highest BCUT2D eigenvalue weighted by Gasteiger charge is 2.12. The molecule has 0 N–H and O–H groups in total. The van der Waals surface area contributed by atoms with Gasteiger partial charge in [0.1, 0.15) is 0 Å². The van der Waals surface area contributed by atoms with E-state index in [4.69, 9.17) is 0 Å². The van der Waals surface area contributed by atoms with Crippen LogP contribution in [0.1, 0.15) is 129 Å². The molecule has 0 amide bonds. The van der Waals surface area contributed by atoms with Gasteiger partial charge < -0.3 is 0 Å². The lowest BCUT2D eigenvalue weighted by molar-refractivity contribution is -0.136. The zero-order valence-corrected chi connectivity index (χ0v) is 16.5. The number of hydrogen-bond donors (Lipinski definition) is 0. The first kappa shape index (κ1) is 23.3. The number of ketones is 2. The molecule has 0 rings (SSSR count). The Morgan fingerprint density at radius 1 is 0.417 bits per heavy atom. The number of carbonyl (C=O) groups excluding carboxylic acids is 2. The summed E-state index contributed by atoms with van der Waals surface area (Å²) in [6.07, 6.45) is 20.5. The van der Waals surface area contributed by atoms with E-state index in [1.807, 2.05) is 0 Å². The molecule has 24 heavy (non-hydrogen) atoms. The summed E-state index contributed by atoms with van der Waals surface area (Å²) >= 11 is 0. The lowest BCUT2D eigenvalue weighted by Crippen LogP contribution is -2.13. The zero-order chi connectivity index (χ0) is 17.9. The maximum Gasteiger partial charge on any atom is 0.198 e. The Labute approximate surface area is 151 Å². The van der Waals surface area contributed by atoms with Gasteiger partial charge in [-0.15, -0.1) is 0 Å². The highest BCUT2D eigenvalue weighted by atomic mass is 16.2. The van der Waals surface area contributed by atoms with E-state index < -0.39 is 0 Å². The molecule has 0 aromatic rings. The van der Waals surface area contributed by atoms with Crippen LogP contribution in [-0.2, 0) is 9.59 Å². The van der Waals surface area contributed by atoms with Gasteiger partial charge in [0.15, 0.2) is 11.6 Å². The Bertz CT molecular complexity index is 266. The molecule has 0 aliphatic carbocycles. The third-order valence-electron chi connectivity index (χ3n) is 4.83. The average Bonchev–Trinajstić information content (AvgIpc) is 2.59. The highest BCUT2D eigenvalue weighted by Crippen LogP contribution is 2.12. The molecule has 0 atom stereocenters. The van der Waals surface area contributed by atoms with Crippen molar-refractivity contribution in [1.29, 1.82) is 0 Å². The predicted octanol–water partition coefficient (Wildman–Crippen LogP) is 7.19. The Kier molecular flexibility index (Phi) is 18.2. The Morgan fingerprint density at radius 3 is 0.958 bits per heavy atom. The van der Waals surface area contributed by atoms with Crippen LogP contribution in [0.4, 0.5) is 0 Å². The van der Waals surface area contributed by atoms with Gasteiger partial charge in [-0.05, 0) is 12.8 Å². The zero-order valence-electron chi connectivity index (χ0n) is 16.5. The minimum absolute atomic E-state index is 0.121. The first-order valence-electron chi connectivity index (χ1n) is 10.8. The van der Waals surface area contributed by atoms with E-state index in [9.17, 15) is 9.59 Å². The molecule has 0 saturated carbocycles. The van der Waals surface area contributed by atoms with E-state index in [1.165, 1.54) is 77.0 Å². The summed E-state index contributed by atoms with van der Waals surface area (Å²) in [4.78, 5) is 23.6. The fraction of sp³-hybridized carbons (Fsp3) is 0.909. The number of unbranched alkanes of at least 4 members (excludes halogenated alkanes) is 14. The van der Waals surface area contributed by atoms with E-state index in [0.717, 1.165) is 25.7 Å². The lowest BCUT2D eigenvalue weighted by Gasteiger charge is -2.03. The van der Waals surface area contributed by atoms with Gasteiger partial charge in [-0.3, -0.25) is 9.59 Å². The summed E-state index contributed by atoms with van der Waals surface area (Å²) < 4.78 is 0. The van der Waals surface area contributed by atoms with E-state index in [-0.39, 0.29) is 11.6 Å². The van der Waals surface area contributed by atoms with Crippen molar-refractivity contribution in [3.8, 4) is 0 Å². The van der Waals surface area contributed by atoms with Crippen LogP contribution < -0.4 is 0 Å². The second-order valence-electron chi connectivity index (χ2n) is 7.30. The van der Waals surface area contributed by atoms with Crippen LogP contribution in [0.25, 0.3) is 0 Å². The molecule has 0 aromatic carbocycles. The minimum Gasteiger partial charge on any atom is -0.291 e. The third-order valence-corrected chi connectivity index (χ3v) is 4.83. The van der Waals surface area contributed by atoms with E-state index in [2.05, 4.69) is 13.8 Å². The molecule has 142 valence electrons. The van der Waals surface area contributed by atoms with Crippen LogP contribution in [0, 0.1) is 0 Å². The normalized spacial score (nSPS) is 10.9. The molecule has 0 radical (unpaired) electrons. The summed E-state index contributed by atoms with van der Waals surface area (Å²) in [5.74, 6) is -0.243. The molecule has 0 aliphatic rings. The van der Waals surface area contributed by atoms with Crippen molar-refractivity contribution in [2.24, 2.45) is 0 Å². The maximum absolute atomic E-state index is 11.8. The van der Waals surface area contributed by atoms with Crippen LogP contribution in [0.3, 0.4) is 0 Å². The highest BCUT2D eigenvalue weighted by molar-refractivity contribution is 6.37. The van der Waals surface area contributed by atoms with Gasteiger partial charge >= 0.3 is 0 Å². The van der Waals surface area contributed by atoms with Crippen molar-refractivity contribution < 1.29 is 9.59 Å². The molecule has 0 heterocycles. The van der Waals surface area contributed by atoms with Gasteiger partial charge in [0.2, 0.25) is 0 Å². The largest absolute Gasteiger partial charge is 0.291 e. The monoisotopic (exact) mass is 338 g/mol. The molecule has 0 aliphatic heterocycles. The van der Waals surface area contributed by atoms with E-state index in [0.29, 0.717) is 12.8 Å². The molecule has 0 unspecified atom stereocenters. The first-order chi connectivity index (χ1) is 11.7. The molecule has 0 aromatic heterocycles. The van der Waals surface area contributed by atoms with Crippen molar-refractivity contribution in [2.45, 2.75) is 129 Å². The number of Topliss-reactive ketones (excluding diaryl/α,β-unsaturated/α-hetero) is 2. The van der Waals surface area contributed by atoms with Crippen LogP contribution in [-0.4, -0.2) is 11.6 Å². The molecule has 0 fully saturated rings. The molecular weight excluding hydrogens is 296 g/mol. The smallest absolute Gasteiger partial charge is 0.198 e. The topological polar surface area (TPSA) is 34.1 Å². The summed E-state index contributed by atoms with van der Waals surface area (Å²) in [6, 6.07) is 0. The van der Waals surface area contributed by atoms with Gasteiger partial charge in [-0.1, -0.05) is 104 Å². The quantitative estimate of drug-likeness (QED) is 0.184. The van der Waals surface area contributed by atoms with Gasteiger partial charge in [0.25, 0.3) is 0 Å². The van der Waals surface area contributed by atoms with Crippen molar-refractivity contribution in [3.63, 3.8) is 0 Å². The number of rotatable bonds is 19.